The quantitative estimate of drug-likeness (QED) is 0.390. The molecule has 0 N–H and O–H groups in total. The van der Waals surface area contributed by atoms with Crippen molar-refractivity contribution in [2.75, 3.05) is 7.11 Å². The lowest BCUT2D eigenvalue weighted by atomic mass is 9.55. The Balaban J connectivity index is 1.37. The zero-order chi connectivity index (χ0) is 23.0. The Morgan fingerprint density at radius 3 is 2.70 bits per heavy atom. The highest BCUT2D eigenvalue weighted by atomic mass is 16.5. The second-order valence-corrected chi connectivity index (χ2v) is 10.1. The third-order valence-electron chi connectivity index (χ3n) is 8.58. The molecule has 3 aliphatic carbocycles. The number of hydrogen-bond donors (Lipinski definition) is 0. The number of esters is 1. The predicted octanol–water partition coefficient (Wildman–Crippen LogP) is 6.23. The molecule has 5 rings (SSSR count). The van der Waals surface area contributed by atoms with Gasteiger partial charge in [-0.05, 0) is 85.1 Å². The average Bonchev–Trinajstić information content (AvgIpc) is 3.18. The van der Waals surface area contributed by atoms with Gasteiger partial charge >= 0.3 is 5.97 Å². The van der Waals surface area contributed by atoms with E-state index in [0.717, 1.165) is 49.2 Å². The molecule has 4 nitrogen and oxygen atoms in total. The third kappa shape index (κ3) is 3.94. The summed E-state index contributed by atoms with van der Waals surface area (Å²) in [6.45, 7) is 6.46. The van der Waals surface area contributed by atoms with Crippen LogP contribution in [0.1, 0.15) is 61.6 Å². The zero-order valence-corrected chi connectivity index (χ0v) is 19.7. The SMILES string of the molecule is C=CC(=O)O[C@H]1CCC2C3CCc4cc(OCc5ccccc5)c(OC)cc4C3CC[C@@]21C. The van der Waals surface area contributed by atoms with Crippen LogP contribution < -0.4 is 9.47 Å². The van der Waals surface area contributed by atoms with Gasteiger partial charge in [0, 0.05) is 11.5 Å². The van der Waals surface area contributed by atoms with Gasteiger partial charge in [0.15, 0.2) is 11.5 Å². The molecule has 0 aliphatic heterocycles. The van der Waals surface area contributed by atoms with E-state index in [1.807, 2.05) is 18.2 Å². The summed E-state index contributed by atoms with van der Waals surface area (Å²) >= 11 is 0. The van der Waals surface area contributed by atoms with Gasteiger partial charge in [0.2, 0.25) is 0 Å². The van der Waals surface area contributed by atoms with Gasteiger partial charge in [-0.1, -0.05) is 43.8 Å². The number of aryl methyl sites for hydroxylation is 1. The van der Waals surface area contributed by atoms with Crippen molar-refractivity contribution in [1.29, 1.82) is 0 Å². The molecule has 0 amide bonds. The molecular formula is C29H34O4. The fraction of sp³-hybridized carbons (Fsp3) is 0.483. The molecule has 0 saturated heterocycles. The van der Waals surface area contributed by atoms with Gasteiger partial charge in [-0.15, -0.1) is 0 Å². The molecule has 5 atom stereocenters. The number of hydrogen-bond acceptors (Lipinski definition) is 4. The molecule has 33 heavy (non-hydrogen) atoms. The highest BCUT2D eigenvalue weighted by Crippen LogP contribution is 2.62. The first kappa shape index (κ1) is 22.1. The molecule has 174 valence electrons. The Labute approximate surface area is 196 Å². The van der Waals surface area contributed by atoms with Crippen molar-refractivity contribution in [1.82, 2.24) is 0 Å². The summed E-state index contributed by atoms with van der Waals surface area (Å²) < 4.78 is 17.8. The largest absolute Gasteiger partial charge is 0.493 e. The second kappa shape index (κ2) is 8.89. The Morgan fingerprint density at radius 2 is 1.94 bits per heavy atom. The van der Waals surface area contributed by atoms with E-state index in [-0.39, 0.29) is 17.5 Å². The molecule has 3 unspecified atom stereocenters. The lowest BCUT2D eigenvalue weighted by Gasteiger charge is -2.50. The van der Waals surface area contributed by atoms with Crippen molar-refractivity contribution in [3.63, 3.8) is 0 Å². The van der Waals surface area contributed by atoms with Crippen molar-refractivity contribution in [2.45, 2.75) is 64.1 Å². The lowest BCUT2D eigenvalue weighted by molar-refractivity contribution is -0.151. The Hall–Kier alpha value is -2.75. The summed E-state index contributed by atoms with van der Waals surface area (Å²) in [5.74, 6) is 3.12. The highest BCUT2D eigenvalue weighted by Gasteiger charge is 2.56. The van der Waals surface area contributed by atoms with Crippen LogP contribution in [-0.2, 0) is 22.6 Å². The monoisotopic (exact) mass is 446 g/mol. The van der Waals surface area contributed by atoms with E-state index in [2.05, 4.69) is 37.8 Å². The van der Waals surface area contributed by atoms with E-state index in [4.69, 9.17) is 14.2 Å². The molecule has 0 heterocycles. The number of carbonyl (C=O) groups excluding carboxylic acids is 1. The summed E-state index contributed by atoms with van der Waals surface area (Å²) in [7, 11) is 1.73. The van der Waals surface area contributed by atoms with Gasteiger partial charge in [0.25, 0.3) is 0 Å². The van der Waals surface area contributed by atoms with Gasteiger partial charge in [-0.25, -0.2) is 4.79 Å². The van der Waals surface area contributed by atoms with E-state index in [1.165, 1.54) is 23.6 Å². The van der Waals surface area contributed by atoms with Crippen LogP contribution in [0.2, 0.25) is 0 Å². The maximum absolute atomic E-state index is 11.9. The standard InChI is InChI=1S/C29H34O4/c1-4-28(30)33-27-13-12-24-22-11-10-20-16-26(32-18-19-8-6-5-7-9-19)25(31-3)17-23(20)21(22)14-15-29(24,27)2/h4-9,16-17,21-22,24,27H,1,10-15,18H2,2-3H3/t21?,22?,24?,27-,29-/m0/s1. The summed E-state index contributed by atoms with van der Waals surface area (Å²) in [5.41, 5.74) is 4.05. The van der Waals surface area contributed by atoms with Gasteiger partial charge in [-0.3, -0.25) is 0 Å². The fourth-order valence-corrected chi connectivity index (χ4v) is 6.92. The lowest BCUT2D eigenvalue weighted by Crippen LogP contribution is -2.45. The maximum atomic E-state index is 11.9. The molecule has 0 bridgehead atoms. The van der Waals surface area contributed by atoms with E-state index < -0.39 is 0 Å². The van der Waals surface area contributed by atoms with Crippen molar-refractivity contribution in [3.8, 4) is 11.5 Å². The number of rotatable bonds is 6. The fourth-order valence-electron chi connectivity index (χ4n) is 6.92. The summed E-state index contributed by atoms with van der Waals surface area (Å²) in [4.78, 5) is 11.9. The number of methoxy groups -OCH3 is 1. The molecule has 2 saturated carbocycles. The third-order valence-corrected chi connectivity index (χ3v) is 8.58. The Kier molecular flexibility index (Phi) is 5.94. The second-order valence-electron chi connectivity index (χ2n) is 10.1. The molecule has 0 radical (unpaired) electrons. The normalized spacial score (nSPS) is 29.9. The van der Waals surface area contributed by atoms with Crippen molar-refractivity contribution < 1.29 is 19.0 Å². The minimum atomic E-state index is -0.286. The first-order valence-electron chi connectivity index (χ1n) is 12.2. The van der Waals surface area contributed by atoms with E-state index in [1.54, 1.807) is 7.11 Å². The van der Waals surface area contributed by atoms with Crippen molar-refractivity contribution >= 4 is 5.97 Å². The predicted molar refractivity (Wildman–Crippen MR) is 128 cm³/mol. The van der Waals surface area contributed by atoms with Crippen LogP contribution >= 0.6 is 0 Å². The van der Waals surface area contributed by atoms with Crippen LogP contribution in [0.3, 0.4) is 0 Å². The van der Waals surface area contributed by atoms with Crippen LogP contribution in [0.4, 0.5) is 0 Å². The Bertz CT molecular complexity index is 1030. The minimum Gasteiger partial charge on any atom is -0.493 e. The number of fused-ring (bicyclic) bond motifs is 5. The summed E-state index contributed by atoms with van der Waals surface area (Å²) in [6.07, 6.45) is 7.87. The van der Waals surface area contributed by atoms with E-state index >= 15 is 0 Å². The van der Waals surface area contributed by atoms with Crippen LogP contribution in [0.5, 0.6) is 11.5 Å². The molecule has 0 aromatic heterocycles. The molecule has 2 fully saturated rings. The van der Waals surface area contributed by atoms with Gasteiger partial charge in [0.1, 0.15) is 12.7 Å². The molecule has 2 aromatic rings. The topological polar surface area (TPSA) is 44.8 Å². The maximum Gasteiger partial charge on any atom is 0.330 e. The highest BCUT2D eigenvalue weighted by molar-refractivity contribution is 5.81. The van der Waals surface area contributed by atoms with Crippen molar-refractivity contribution in [2.24, 2.45) is 17.3 Å². The zero-order valence-electron chi connectivity index (χ0n) is 19.7. The average molecular weight is 447 g/mol. The van der Waals surface area contributed by atoms with E-state index in [0.29, 0.717) is 24.4 Å². The minimum absolute atomic E-state index is 0.0126. The van der Waals surface area contributed by atoms with Gasteiger partial charge in [-0.2, -0.15) is 0 Å². The van der Waals surface area contributed by atoms with Crippen molar-refractivity contribution in [3.05, 3.63) is 71.8 Å². The molecule has 3 aliphatic rings. The van der Waals surface area contributed by atoms with Crippen LogP contribution in [-0.4, -0.2) is 19.2 Å². The van der Waals surface area contributed by atoms with Crippen LogP contribution in [0.15, 0.2) is 55.1 Å². The smallest absolute Gasteiger partial charge is 0.330 e. The first-order valence-corrected chi connectivity index (χ1v) is 12.2. The first-order chi connectivity index (χ1) is 16.0. The molecule has 2 aromatic carbocycles. The molecule has 4 heteroatoms. The van der Waals surface area contributed by atoms with Gasteiger partial charge < -0.3 is 14.2 Å². The van der Waals surface area contributed by atoms with E-state index in [9.17, 15) is 4.79 Å². The van der Waals surface area contributed by atoms with Crippen LogP contribution in [0.25, 0.3) is 0 Å². The number of benzene rings is 2. The molecular weight excluding hydrogens is 412 g/mol. The summed E-state index contributed by atoms with van der Waals surface area (Å²) in [5, 5.41) is 0. The molecule has 0 spiro atoms. The number of carbonyl (C=O) groups is 1. The van der Waals surface area contributed by atoms with Crippen LogP contribution in [0, 0.1) is 17.3 Å². The number of ether oxygens (including phenoxy) is 3. The summed E-state index contributed by atoms with van der Waals surface area (Å²) in [6, 6.07) is 14.7. The Morgan fingerprint density at radius 1 is 1.12 bits per heavy atom. The van der Waals surface area contributed by atoms with Gasteiger partial charge in [0.05, 0.1) is 7.11 Å².